The third kappa shape index (κ3) is 3.14. The maximum atomic E-state index is 12.7. The van der Waals surface area contributed by atoms with Crippen LogP contribution in [0.25, 0.3) is 10.9 Å². The molecule has 2 aromatic rings. The average Bonchev–Trinajstić information content (AvgIpc) is 2.92. The Balaban J connectivity index is 1.81. The number of benzene rings is 1. The molecule has 2 atom stereocenters. The number of nitrogens with zero attached hydrogens (tertiary/aromatic N) is 2. The van der Waals surface area contributed by atoms with Crippen LogP contribution in [0, 0.1) is 0 Å². The highest BCUT2D eigenvalue weighted by Crippen LogP contribution is 2.23. The second-order valence-corrected chi connectivity index (χ2v) is 6.21. The highest BCUT2D eigenvalue weighted by Gasteiger charge is 2.32. The summed E-state index contributed by atoms with van der Waals surface area (Å²) < 4.78 is 7.50. The van der Waals surface area contributed by atoms with Crippen molar-refractivity contribution in [2.75, 3.05) is 13.1 Å². The summed E-state index contributed by atoms with van der Waals surface area (Å²) in [6.07, 6.45) is 1.06. The Labute approximate surface area is 140 Å². The number of carbonyl (C=O) groups excluding carboxylic acids is 1. The number of aromatic nitrogens is 1. The molecular weight excluding hydrogens is 308 g/mol. The molecule has 128 valence electrons. The van der Waals surface area contributed by atoms with Gasteiger partial charge in [-0.15, -0.1) is 0 Å². The summed E-state index contributed by atoms with van der Waals surface area (Å²) >= 11 is 0. The lowest BCUT2D eigenvalue weighted by atomic mass is 10.1. The number of rotatable bonds is 4. The molecule has 6 heteroatoms. The molecule has 1 aliphatic rings. The van der Waals surface area contributed by atoms with Gasteiger partial charge in [0.05, 0.1) is 19.1 Å². The number of aryl methyl sites for hydroxylation is 1. The topological polar surface area (TPSA) is 71.8 Å². The number of carboxylic acids is 1. The van der Waals surface area contributed by atoms with Crippen LogP contribution in [-0.4, -0.2) is 51.7 Å². The Kier molecular flexibility index (Phi) is 4.57. The van der Waals surface area contributed by atoms with Crippen molar-refractivity contribution < 1.29 is 19.4 Å². The van der Waals surface area contributed by atoms with Gasteiger partial charge in [-0.2, -0.15) is 0 Å². The predicted molar refractivity (Wildman–Crippen MR) is 89.9 cm³/mol. The highest BCUT2D eigenvalue weighted by molar-refractivity contribution is 5.89. The van der Waals surface area contributed by atoms with Gasteiger partial charge in [-0.05, 0) is 25.5 Å². The molecule has 1 unspecified atom stereocenters. The van der Waals surface area contributed by atoms with E-state index in [1.807, 2.05) is 30.5 Å². The van der Waals surface area contributed by atoms with Gasteiger partial charge in [0.15, 0.2) is 6.10 Å². The number of para-hydroxylation sites is 1. The molecule has 1 aromatic heterocycles. The van der Waals surface area contributed by atoms with E-state index < -0.39 is 12.1 Å². The minimum Gasteiger partial charge on any atom is -0.479 e. The molecule has 1 aliphatic heterocycles. The van der Waals surface area contributed by atoms with Gasteiger partial charge in [0, 0.05) is 30.2 Å². The first-order valence-electron chi connectivity index (χ1n) is 8.22. The average molecular weight is 330 g/mol. The summed E-state index contributed by atoms with van der Waals surface area (Å²) in [5.41, 5.74) is 2.09. The largest absolute Gasteiger partial charge is 0.479 e. The van der Waals surface area contributed by atoms with Crippen molar-refractivity contribution in [3.63, 3.8) is 0 Å². The zero-order valence-electron chi connectivity index (χ0n) is 13.9. The Morgan fingerprint density at radius 1 is 1.29 bits per heavy atom. The van der Waals surface area contributed by atoms with E-state index >= 15 is 0 Å². The van der Waals surface area contributed by atoms with Gasteiger partial charge < -0.3 is 19.3 Å². The highest BCUT2D eigenvalue weighted by atomic mass is 16.5. The molecule has 1 saturated heterocycles. The van der Waals surface area contributed by atoms with Gasteiger partial charge in [-0.1, -0.05) is 18.2 Å². The molecule has 1 fully saturated rings. The summed E-state index contributed by atoms with van der Waals surface area (Å²) in [6.45, 7) is 5.22. The van der Waals surface area contributed by atoms with E-state index in [4.69, 9.17) is 9.84 Å². The van der Waals surface area contributed by atoms with Crippen LogP contribution in [0.15, 0.2) is 30.5 Å². The monoisotopic (exact) mass is 330 g/mol. The van der Waals surface area contributed by atoms with Crippen LogP contribution >= 0.6 is 0 Å². The van der Waals surface area contributed by atoms with Gasteiger partial charge in [-0.3, -0.25) is 4.79 Å². The van der Waals surface area contributed by atoms with Gasteiger partial charge in [-0.25, -0.2) is 4.79 Å². The van der Waals surface area contributed by atoms with Gasteiger partial charge >= 0.3 is 5.97 Å². The lowest BCUT2D eigenvalue weighted by Crippen LogP contribution is -2.52. The second kappa shape index (κ2) is 6.65. The number of morpholine rings is 1. The molecule has 1 aromatic carbocycles. The second-order valence-electron chi connectivity index (χ2n) is 6.21. The van der Waals surface area contributed by atoms with E-state index in [0.717, 1.165) is 23.0 Å². The summed E-state index contributed by atoms with van der Waals surface area (Å²) in [4.78, 5) is 25.5. The first-order valence-corrected chi connectivity index (χ1v) is 8.22. The minimum absolute atomic E-state index is 0.0598. The molecule has 2 heterocycles. The predicted octanol–water partition coefficient (Wildman–Crippen LogP) is 1.90. The fourth-order valence-corrected chi connectivity index (χ4v) is 3.29. The Bertz CT molecular complexity index is 767. The Morgan fingerprint density at radius 3 is 2.75 bits per heavy atom. The summed E-state index contributed by atoms with van der Waals surface area (Å²) in [7, 11) is 0. The van der Waals surface area contributed by atoms with Crippen molar-refractivity contribution in [2.24, 2.45) is 0 Å². The van der Waals surface area contributed by atoms with Crippen LogP contribution in [0.3, 0.4) is 0 Å². The van der Waals surface area contributed by atoms with Crippen LogP contribution in [-0.2, 0) is 27.3 Å². The van der Waals surface area contributed by atoms with Crippen molar-refractivity contribution in [2.45, 2.75) is 39.0 Å². The number of ether oxygens (including phenoxy) is 1. The number of carboxylic acid groups (broad SMARTS) is 1. The molecule has 0 spiro atoms. The quantitative estimate of drug-likeness (QED) is 0.929. The Morgan fingerprint density at radius 2 is 2.04 bits per heavy atom. The van der Waals surface area contributed by atoms with Crippen molar-refractivity contribution in [1.82, 2.24) is 9.47 Å². The number of carbonyl (C=O) groups is 2. The molecule has 1 amide bonds. The molecule has 24 heavy (non-hydrogen) atoms. The van der Waals surface area contributed by atoms with E-state index in [1.165, 1.54) is 0 Å². The van der Waals surface area contributed by atoms with E-state index in [1.54, 1.807) is 11.8 Å². The minimum atomic E-state index is -1.03. The van der Waals surface area contributed by atoms with Gasteiger partial charge in [0.25, 0.3) is 0 Å². The van der Waals surface area contributed by atoms with Crippen molar-refractivity contribution >= 4 is 22.8 Å². The van der Waals surface area contributed by atoms with Crippen molar-refractivity contribution in [1.29, 1.82) is 0 Å². The van der Waals surface area contributed by atoms with Crippen LogP contribution in [0.1, 0.15) is 19.4 Å². The van der Waals surface area contributed by atoms with Crippen LogP contribution in [0.5, 0.6) is 0 Å². The van der Waals surface area contributed by atoms with Crippen LogP contribution in [0.2, 0.25) is 0 Å². The van der Waals surface area contributed by atoms with Crippen molar-refractivity contribution in [3.8, 4) is 0 Å². The molecular formula is C18H22N2O4. The number of hydrogen-bond acceptors (Lipinski definition) is 3. The smallest absolute Gasteiger partial charge is 0.334 e. The molecule has 0 bridgehead atoms. The molecule has 0 saturated carbocycles. The van der Waals surface area contributed by atoms with E-state index in [2.05, 4.69) is 11.5 Å². The van der Waals surface area contributed by atoms with Crippen molar-refractivity contribution in [3.05, 3.63) is 36.0 Å². The number of fused-ring (bicyclic) bond motifs is 1. The van der Waals surface area contributed by atoms with E-state index in [9.17, 15) is 9.59 Å². The molecule has 3 rings (SSSR count). The summed E-state index contributed by atoms with van der Waals surface area (Å²) in [6, 6.07) is 8.02. The van der Waals surface area contributed by atoms with Gasteiger partial charge in [0.2, 0.25) is 5.91 Å². The van der Waals surface area contributed by atoms with Crippen LogP contribution in [0.4, 0.5) is 0 Å². The van der Waals surface area contributed by atoms with E-state index in [-0.39, 0.29) is 25.0 Å². The fraction of sp³-hybridized carbons (Fsp3) is 0.444. The maximum Gasteiger partial charge on any atom is 0.334 e. The first-order chi connectivity index (χ1) is 11.5. The number of hydrogen-bond donors (Lipinski definition) is 1. The lowest BCUT2D eigenvalue weighted by molar-refractivity contribution is -0.166. The molecule has 0 radical (unpaired) electrons. The maximum absolute atomic E-state index is 12.7. The number of amides is 1. The third-order valence-electron chi connectivity index (χ3n) is 4.44. The van der Waals surface area contributed by atoms with Crippen LogP contribution < -0.4 is 0 Å². The van der Waals surface area contributed by atoms with E-state index in [0.29, 0.717) is 6.54 Å². The SMILES string of the molecule is CCn1cc(CC(=O)N2CC(C(=O)O)O[C@H](C)C2)c2ccccc21. The molecule has 6 nitrogen and oxygen atoms in total. The lowest BCUT2D eigenvalue weighted by Gasteiger charge is -2.35. The molecule has 0 aliphatic carbocycles. The summed E-state index contributed by atoms with van der Waals surface area (Å²) in [5, 5.41) is 10.2. The van der Waals surface area contributed by atoms with Gasteiger partial charge in [0.1, 0.15) is 0 Å². The summed E-state index contributed by atoms with van der Waals surface area (Å²) in [5.74, 6) is -1.09. The molecule has 1 N–H and O–H groups in total. The number of aliphatic carboxylic acids is 1. The first kappa shape index (κ1) is 16.5. The zero-order valence-corrected chi connectivity index (χ0v) is 13.9. The Hall–Kier alpha value is -2.34. The fourth-order valence-electron chi connectivity index (χ4n) is 3.29. The standard InChI is InChI=1S/C18H22N2O4/c1-3-19-10-13(14-6-4-5-7-15(14)19)8-17(21)20-9-12(2)24-16(11-20)18(22)23/h4-7,10,12,16H,3,8-9,11H2,1-2H3,(H,22,23)/t12-,16?/m1/s1. The normalized spacial score (nSPS) is 21.2. The third-order valence-corrected chi connectivity index (χ3v) is 4.44. The zero-order chi connectivity index (χ0) is 17.3.